The molecule has 1 fully saturated rings. The van der Waals surface area contributed by atoms with Crippen molar-refractivity contribution in [3.63, 3.8) is 0 Å². The van der Waals surface area contributed by atoms with Crippen LogP contribution in [-0.2, 0) is 19.6 Å². The molecule has 1 aromatic rings. The third kappa shape index (κ3) is 4.69. The Labute approximate surface area is 124 Å². The van der Waals surface area contributed by atoms with E-state index in [1.807, 2.05) is 6.92 Å². The summed E-state index contributed by atoms with van der Waals surface area (Å²) in [6, 6.07) is 6.11. The highest BCUT2D eigenvalue weighted by Crippen LogP contribution is 2.17. The van der Waals surface area contributed by atoms with Gasteiger partial charge in [-0.3, -0.25) is 9.52 Å². The van der Waals surface area contributed by atoms with Crippen LogP contribution in [0, 0.1) is 0 Å². The highest BCUT2D eigenvalue weighted by molar-refractivity contribution is 7.92. The summed E-state index contributed by atoms with van der Waals surface area (Å²) in [7, 11) is -3.35. The molecular formula is C13H19N3O4S. The van der Waals surface area contributed by atoms with E-state index in [-0.39, 0.29) is 12.0 Å². The number of amides is 1. The highest BCUT2D eigenvalue weighted by Gasteiger charge is 2.28. The summed E-state index contributed by atoms with van der Waals surface area (Å²) in [6.07, 6.45) is 0.861. The van der Waals surface area contributed by atoms with Gasteiger partial charge in [0.25, 0.3) is 0 Å². The quantitative estimate of drug-likeness (QED) is 0.746. The normalized spacial score (nSPS) is 22.6. The SMILES string of the molecule is C[C@H]1OCCN[C@@H]1C(=O)Nc1cccc(NS(C)(=O)=O)c1. The summed E-state index contributed by atoms with van der Waals surface area (Å²) >= 11 is 0. The Bertz CT molecular complexity index is 618. The van der Waals surface area contributed by atoms with Crippen molar-refractivity contribution in [3.05, 3.63) is 24.3 Å². The molecule has 1 aromatic carbocycles. The predicted octanol–water partition coefficient (Wildman–Crippen LogP) is 0.373. The van der Waals surface area contributed by atoms with Crippen LogP contribution in [0.1, 0.15) is 6.92 Å². The maximum atomic E-state index is 12.2. The third-order valence-corrected chi connectivity index (χ3v) is 3.64. The standard InChI is InChI=1S/C13H19N3O4S/c1-9-12(14-6-7-20-9)13(17)15-10-4-3-5-11(8-10)16-21(2,18)19/h3-5,8-9,12,14,16H,6-7H2,1-2H3,(H,15,17)/t9-,12+/m1/s1. The minimum atomic E-state index is -3.35. The molecule has 2 atom stereocenters. The average Bonchev–Trinajstić information content (AvgIpc) is 2.37. The molecule has 0 spiro atoms. The van der Waals surface area contributed by atoms with E-state index < -0.39 is 16.1 Å². The molecular weight excluding hydrogens is 294 g/mol. The molecule has 3 N–H and O–H groups in total. The van der Waals surface area contributed by atoms with E-state index in [2.05, 4.69) is 15.4 Å². The molecule has 0 aliphatic carbocycles. The van der Waals surface area contributed by atoms with Gasteiger partial charge in [-0.15, -0.1) is 0 Å². The number of sulfonamides is 1. The van der Waals surface area contributed by atoms with E-state index in [1.54, 1.807) is 24.3 Å². The van der Waals surface area contributed by atoms with Crippen molar-refractivity contribution in [2.45, 2.75) is 19.1 Å². The zero-order valence-corrected chi connectivity index (χ0v) is 12.7. The average molecular weight is 313 g/mol. The van der Waals surface area contributed by atoms with E-state index in [0.717, 1.165) is 6.26 Å². The molecule has 0 radical (unpaired) electrons. The van der Waals surface area contributed by atoms with Gasteiger partial charge in [0.2, 0.25) is 15.9 Å². The van der Waals surface area contributed by atoms with Crippen LogP contribution in [0.15, 0.2) is 24.3 Å². The largest absolute Gasteiger partial charge is 0.375 e. The van der Waals surface area contributed by atoms with Crippen molar-refractivity contribution < 1.29 is 17.9 Å². The minimum absolute atomic E-state index is 0.210. The lowest BCUT2D eigenvalue weighted by Crippen LogP contribution is -2.53. The monoisotopic (exact) mass is 313 g/mol. The highest BCUT2D eigenvalue weighted by atomic mass is 32.2. The van der Waals surface area contributed by atoms with E-state index in [9.17, 15) is 13.2 Å². The molecule has 0 bridgehead atoms. The molecule has 1 heterocycles. The van der Waals surface area contributed by atoms with Crippen molar-refractivity contribution in [3.8, 4) is 0 Å². The Morgan fingerprint density at radius 1 is 1.38 bits per heavy atom. The first kappa shape index (κ1) is 15.7. The number of morpholine rings is 1. The lowest BCUT2D eigenvalue weighted by atomic mass is 10.1. The first-order valence-electron chi connectivity index (χ1n) is 6.59. The first-order chi connectivity index (χ1) is 9.85. The van der Waals surface area contributed by atoms with Crippen molar-refractivity contribution in [1.29, 1.82) is 0 Å². The van der Waals surface area contributed by atoms with Crippen molar-refractivity contribution in [2.75, 3.05) is 29.4 Å². The van der Waals surface area contributed by atoms with Crippen LogP contribution in [-0.4, -0.2) is 45.9 Å². The van der Waals surface area contributed by atoms with Crippen LogP contribution in [0.2, 0.25) is 0 Å². The fourth-order valence-corrected chi connectivity index (χ4v) is 2.68. The lowest BCUT2D eigenvalue weighted by molar-refractivity contribution is -0.123. The topological polar surface area (TPSA) is 96.5 Å². The fourth-order valence-electron chi connectivity index (χ4n) is 2.12. The molecule has 1 aliphatic rings. The van der Waals surface area contributed by atoms with Gasteiger partial charge in [-0.05, 0) is 25.1 Å². The second-order valence-corrected chi connectivity index (χ2v) is 6.70. The van der Waals surface area contributed by atoms with Crippen LogP contribution in [0.25, 0.3) is 0 Å². The van der Waals surface area contributed by atoms with Crippen LogP contribution < -0.4 is 15.4 Å². The number of benzene rings is 1. The molecule has 0 aromatic heterocycles. The Morgan fingerprint density at radius 2 is 2.10 bits per heavy atom. The van der Waals surface area contributed by atoms with Crippen molar-refractivity contribution in [2.24, 2.45) is 0 Å². The number of ether oxygens (including phenoxy) is 1. The summed E-state index contributed by atoms with van der Waals surface area (Å²) in [4.78, 5) is 12.2. The van der Waals surface area contributed by atoms with E-state index in [0.29, 0.717) is 24.5 Å². The Morgan fingerprint density at radius 3 is 2.76 bits per heavy atom. The van der Waals surface area contributed by atoms with Gasteiger partial charge in [-0.25, -0.2) is 8.42 Å². The molecule has 8 heteroatoms. The van der Waals surface area contributed by atoms with Gasteiger partial charge in [-0.1, -0.05) is 6.07 Å². The van der Waals surface area contributed by atoms with Crippen LogP contribution in [0.3, 0.4) is 0 Å². The molecule has 116 valence electrons. The molecule has 2 rings (SSSR count). The maximum Gasteiger partial charge on any atom is 0.244 e. The molecule has 0 unspecified atom stereocenters. The zero-order valence-electron chi connectivity index (χ0n) is 11.9. The Balaban J connectivity index is 2.05. The summed E-state index contributed by atoms with van der Waals surface area (Å²) in [5.41, 5.74) is 0.921. The van der Waals surface area contributed by atoms with Crippen LogP contribution in [0.5, 0.6) is 0 Å². The predicted molar refractivity (Wildman–Crippen MR) is 80.7 cm³/mol. The van der Waals surface area contributed by atoms with E-state index in [4.69, 9.17) is 4.74 Å². The maximum absolute atomic E-state index is 12.2. The molecule has 0 saturated carbocycles. The van der Waals surface area contributed by atoms with Crippen molar-refractivity contribution in [1.82, 2.24) is 5.32 Å². The van der Waals surface area contributed by atoms with Gasteiger partial charge in [0, 0.05) is 12.2 Å². The second-order valence-electron chi connectivity index (χ2n) is 4.95. The molecule has 7 nitrogen and oxygen atoms in total. The molecule has 1 saturated heterocycles. The van der Waals surface area contributed by atoms with E-state index in [1.165, 1.54) is 0 Å². The number of carbonyl (C=O) groups is 1. The summed E-state index contributed by atoms with van der Waals surface area (Å²) in [5, 5.41) is 5.85. The van der Waals surface area contributed by atoms with Gasteiger partial charge in [-0.2, -0.15) is 0 Å². The Kier molecular flexibility index (Phi) is 4.81. The Hall–Kier alpha value is -1.64. The first-order valence-corrected chi connectivity index (χ1v) is 8.48. The summed E-state index contributed by atoms with van der Waals surface area (Å²) in [6.45, 7) is 3.04. The number of hydrogen-bond donors (Lipinski definition) is 3. The lowest BCUT2D eigenvalue weighted by Gasteiger charge is -2.29. The molecule has 1 aliphatic heterocycles. The number of nitrogens with one attached hydrogen (secondary N) is 3. The third-order valence-electron chi connectivity index (χ3n) is 3.03. The van der Waals surface area contributed by atoms with Gasteiger partial charge < -0.3 is 15.4 Å². The number of carbonyl (C=O) groups excluding carboxylic acids is 1. The van der Waals surface area contributed by atoms with Crippen LogP contribution in [0.4, 0.5) is 11.4 Å². The smallest absolute Gasteiger partial charge is 0.244 e. The fraction of sp³-hybridized carbons (Fsp3) is 0.462. The van der Waals surface area contributed by atoms with Gasteiger partial charge in [0.1, 0.15) is 6.04 Å². The minimum Gasteiger partial charge on any atom is -0.375 e. The number of anilines is 2. The molecule has 1 amide bonds. The zero-order chi connectivity index (χ0) is 15.5. The summed E-state index contributed by atoms with van der Waals surface area (Å²) < 4.78 is 30.2. The van der Waals surface area contributed by atoms with Gasteiger partial charge in [0.15, 0.2) is 0 Å². The van der Waals surface area contributed by atoms with Crippen molar-refractivity contribution >= 4 is 27.3 Å². The number of hydrogen-bond acceptors (Lipinski definition) is 5. The van der Waals surface area contributed by atoms with Gasteiger partial charge >= 0.3 is 0 Å². The molecule has 21 heavy (non-hydrogen) atoms. The second kappa shape index (κ2) is 6.42. The van der Waals surface area contributed by atoms with Crippen LogP contribution >= 0.6 is 0 Å². The number of rotatable bonds is 4. The van der Waals surface area contributed by atoms with E-state index >= 15 is 0 Å². The summed E-state index contributed by atoms with van der Waals surface area (Å²) in [5.74, 6) is -0.210. The van der Waals surface area contributed by atoms with Gasteiger partial charge in [0.05, 0.1) is 24.7 Å².